The molecule has 0 amide bonds. The van der Waals surface area contributed by atoms with Crippen molar-refractivity contribution in [1.29, 1.82) is 0 Å². The van der Waals surface area contributed by atoms with Gasteiger partial charge in [-0.1, -0.05) is 44.2 Å². The molecule has 0 fully saturated rings. The predicted molar refractivity (Wildman–Crippen MR) is 97.4 cm³/mol. The summed E-state index contributed by atoms with van der Waals surface area (Å²) in [7, 11) is 0. The maximum atomic E-state index is 13.3. The highest BCUT2D eigenvalue weighted by molar-refractivity contribution is 5.55. The molecule has 0 saturated heterocycles. The number of aromatic nitrogens is 2. The lowest BCUT2D eigenvalue weighted by atomic mass is 10.0. The van der Waals surface area contributed by atoms with Gasteiger partial charge in [-0.25, -0.2) is 4.98 Å². The van der Waals surface area contributed by atoms with E-state index >= 15 is 0 Å². The second-order valence-electron chi connectivity index (χ2n) is 6.23. The number of rotatable bonds is 5. The van der Waals surface area contributed by atoms with E-state index in [-0.39, 0.29) is 11.7 Å². The number of alkyl halides is 3. The average molecular weight is 373 g/mol. The Bertz CT molecular complexity index is 912. The molecule has 4 nitrogen and oxygen atoms in total. The first-order valence-corrected chi connectivity index (χ1v) is 8.37. The number of nitrogens with zero attached hydrogens (tertiary/aromatic N) is 2. The van der Waals surface area contributed by atoms with Gasteiger partial charge in [0, 0.05) is 11.9 Å². The lowest BCUT2D eigenvalue weighted by molar-refractivity contribution is -0.139. The first-order chi connectivity index (χ1) is 12.8. The molecule has 0 aliphatic rings. The maximum absolute atomic E-state index is 13.3. The average Bonchev–Trinajstić information content (AvgIpc) is 2.62. The summed E-state index contributed by atoms with van der Waals surface area (Å²) in [5.41, 5.74) is 0.743. The van der Waals surface area contributed by atoms with Crippen LogP contribution >= 0.6 is 0 Å². The summed E-state index contributed by atoms with van der Waals surface area (Å²) in [6.45, 7) is 4.11. The van der Waals surface area contributed by atoms with Crippen molar-refractivity contribution in [2.24, 2.45) is 0 Å². The molecule has 0 aliphatic heterocycles. The van der Waals surface area contributed by atoms with Crippen LogP contribution < -0.4 is 10.1 Å². The van der Waals surface area contributed by atoms with Crippen LogP contribution in [0.1, 0.15) is 30.9 Å². The smallest absolute Gasteiger partial charge is 0.423 e. The van der Waals surface area contributed by atoms with Gasteiger partial charge >= 0.3 is 6.18 Å². The van der Waals surface area contributed by atoms with E-state index in [0.717, 1.165) is 11.8 Å². The van der Waals surface area contributed by atoms with Gasteiger partial charge in [-0.15, -0.1) is 0 Å². The van der Waals surface area contributed by atoms with Crippen LogP contribution in [-0.4, -0.2) is 9.97 Å². The summed E-state index contributed by atoms with van der Waals surface area (Å²) < 4.78 is 45.2. The van der Waals surface area contributed by atoms with Crippen molar-refractivity contribution in [2.75, 3.05) is 5.32 Å². The largest absolute Gasteiger partial charge is 0.438 e. The number of halogens is 3. The second kappa shape index (κ2) is 7.65. The van der Waals surface area contributed by atoms with Gasteiger partial charge in [0.2, 0.25) is 11.8 Å². The Morgan fingerprint density at radius 2 is 1.74 bits per heavy atom. The summed E-state index contributed by atoms with van der Waals surface area (Å²) in [6, 6.07) is 15.7. The quantitative estimate of drug-likeness (QED) is 0.582. The summed E-state index contributed by atoms with van der Waals surface area (Å²) in [4.78, 5) is 7.73. The molecule has 0 radical (unpaired) electrons. The molecule has 0 aliphatic carbocycles. The van der Waals surface area contributed by atoms with Gasteiger partial charge in [0.15, 0.2) is 0 Å². The summed E-state index contributed by atoms with van der Waals surface area (Å²) in [6.07, 6.45) is -3.90. The van der Waals surface area contributed by atoms with Gasteiger partial charge in [0.05, 0.1) is 0 Å². The monoisotopic (exact) mass is 373 g/mol. The zero-order valence-electron chi connectivity index (χ0n) is 14.8. The molecular weight excluding hydrogens is 355 g/mol. The molecule has 1 N–H and O–H groups in total. The van der Waals surface area contributed by atoms with E-state index in [2.05, 4.69) is 29.1 Å². The highest BCUT2D eigenvalue weighted by Crippen LogP contribution is 2.37. The molecule has 1 aromatic heterocycles. The molecule has 140 valence electrons. The Kier molecular flexibility index (Phi) is 5.30. The number of para-hydroxylation sites is 1. The topological polar surface area (TPSA) is 47.0 Å². The predicted octanol–water partition coefficient (Wildman–Crippen LogP) is 6.15. The van der Waals surface area contributed by atoms with Gasteiger partial charge in [0.1, 0.15) is 11.3 Å². The van der Waals surface area contributed by atoms with E-state index in [1.807, 2.05) is 18.2 Å². The fourth-order valence-electron chi connectivity index (χ4n) is 2.40. The van der Waals surface area contributed by atoms with Crippen LogP contribution in [0.3, 0.4) is 0 Å². The third kappa shape index (κ3) is 4.75. The fourth-order valence-corrected chi connectivity index (χ4v) is 2.40. The molecule has 2 aromatic carbocycles. The number of benzene rings is 2. The standard InChI is InChI=1S/C20H18F3N3O/c1-13(2)14-7-6-8-15(11-14)25-19-24-12-17(20(21,22)23)18(26-19)27-16-9-4-3-5-10-16/h3-13H,1-2H3,(H,24,25,26). The molecule has 0 unspecified atom stereocenters. The molecule has 27 heavy (non-hydrogen) atoms. The second-order valence-corrected chi connectivity index (χ2v) is 6.23. The van der Waals surface area contributed by atoms with E-state index in [1.165, 1.54) is 0 Å². The van der Waals surface area contributed by atoms with Gasteiger partial charge in [-0.3, -0.25) is 0 Å². The normalized spacial score (nSPS) is 11.5. The maximum Gasteiger partial charge on any atom is 0.423 e. The molecule has 0 atom stereocenters. The third-order valence-corrected chi connectivity index (χ3v) is 3.83. The van der Waals surface area contributed by atoms with Gasteiger partial charge in [-0.05, 0) is 35.7 Å². The minimum atomic E-state index is -4.62. The van der Waals surface area contributed by atoms with E-state index in [9.17, 15) is 13.2 Å². The van der Waals surface area contributed by atoms with Crippen molar-refractivity contribution in [2.45, 2.75) is 25.9 Å². The number of hydrogen-bond acceptors (Lipinski definition) is 4. The Balaban J connectivity index is 1.93. The third-order valence-electron chi connectivity index (χ3n) is 3.83. The minimum absolute atomic E-state index is 0.0230. The summed E-state index contributed by atoms with van der Waals surface area (Å²) >= 11 is 0. The lowest BCUT2D eigenvalue weighted by Crippen LogP contribution is -2.11. The van der Waals surface area contributed by atoms with Gasteiger partial charge < -0.3 is 10.1 Å². The first-order valence-electron chi connectivity index (χ1n) is 8.37. The lowest BCUT2D eigenvalue weighted by Gasteiger charge is -2.14. The van der Waals surface area contributed by atoms with Crippen LogP contribution in [0, 0.1) is 0 Å². The highest BCUT2D eigenvalue weighted by atomic mass is 19.4. The Morgan fingerprint density at radius 1 is 1.00 bits per heavy atom. The molecule has 3 aromatic rings. The van der Waals surface area contributed by atoms with Crippen LogP contribution in [0.15, 0.2) is 60.8 Å². The van der Waals surface area contributed by atoms with Crippen molar-refractivity contribution in [3.63, 3.8) is 0 Å². The van der Waals surface area contributed by atoms with Crippen molar-refractivity contribution in [1.82, 2.24) is 9.97 Å². The van der Waals surface area contributed by atoms with E-state index in [0.29, 0.717) is 11.6 Å². The van der Waals surface area contributed by atoms with Crippen LogP contribution in [0.25, 0.3) is 0 Å². The molecule has 0 bridgehead atoms. The fraction of sp³-hybridized carbons (Fsp3) is 0.200. The zero-order valence-corrected chi connectivity index (χ0v) is 14.8. The Labute approximate surface area is 155 Å². The minimum Gasteiger partial charge on any atom is -0.438 e. The van der Waals surface area contributed by atoms with Crippen LogP contribution in [-0.2, 0) is 6.18 Å². The molecule has 1 heterocycles. The van der Waals surface area contributed by atoms with Crippen molar-refractivity contribution < 1.29 is 17.9 Å². The van der Waals surface area contributed by atoms with E-state index < -0.39 is 17.6 Å². The first kappa shape index (κ1) is 18.7. The van der Waals surface area contributed by atoms with Crippen LogP contribution in [0.5, 0.6) is 11.6 Å². The number of hydrogen-bond donors (Lipinski definition) is 1. The molecule has 0 saturated carbocycles. The molecule has 0 spiro atoms. The number of ether oxygens (including phenoxy) is 1. The summed E-state index contributed by atoms with van der Waals surface area (Å²) in [5.74, 6) is 0.0488. The summed E-state index contributed by atoms with van der Waals surface area (Å²) in [5, 5.41) is 2.93. The van der Waals surface area contributed by atoms with E-state index in [1.54, 1.807) is 36.4 Å². The van der Waals surface area contributed by atoms with Crippen molar-refractivity contribution in [3.8, 4) is 11.6 Å². The number of anilines is 2. The van der Waals surface area contributed by atoms with Crippen molar-refractivity contribution >= 4 is 11.6 Å². The van der Waals surface area contributed by atoms with Crippen molar-refractivity contribution in [3.05, 3.63) is 71.9 Å². The Hall–Kier alpha value is -3.09. The Morgan fingerprint density at radius 3 is 2.41 bits per heavy atom. The SMILES string of the molecule is CC(C)c1cccc(Nc2ncc(C(F)(F)F)c(Oc3ccccc3)n2)c1. The van der Waals surface area contributed by atoms with Crippen LogP contribution in [0.4, 0.5) is 24.8 Å². The van der Waals surface area contributed by atoms with Crippen LogP contribution in [0.2, 0.25) is 0 Å². The highest BCUT2D eigenvalue weighted by Gasteiger charge is 2.36. The van der Waals surface area contributed by atoms with Gasteiger partial charge in [0.25, 0.3) is 0 Å². The molecular formula is C20H18F3N3O. The van der Waals surface area contributed by atoms with E-state index in [4.69, 9.17) is 4.74 Å². The molecule has 3 rings (SSSR count). The van der Waals surface area contributed by atoms with Gasteiger partial charge in [-0.2, -0.15) is 18.2 Å². The molecule has 7 heteroatoms. The zero-order chi connectivity index (χ0) is 19.4. The number of nitrogens with one attached hydrogen (secondary N) is 1.